The van der Waals surface area contributed by atoms with E-state index in [1.165, 1.54) is 12.8 Å². The van der Waals surface area contributed by atoms with Gasteiger partial charge in [-0.15, -0.1) is 0 Å². The highest BCUT2D eigenvalue weighted by molar-refractivity contribution is 4.53. The number of ether oxygens (including phenoxy) is 2. The van der Waals surface area contributed by atoms with Crippen LogP contribution in [-0.4, -0.2) is 38.1 Å². The molecule has 0 aliphatic carbocycles. The molecule has 3 nitrogen and oxygen atoms in total. The van der Waals surface area contributed by atoms with Crippen LogP contribution >= 0.6 is 0 Å². The summed E-state index contributed by atoms with van der Waals surface area (Å²) in [5.41, 5.74) is 0. The fourth-order valence-electron chi connectivity index (χ4n) is 1.11. The molecule has 1 rings (SSSR count). The molecule has 0 spiro atoms. The van der Waals surface area contributed by atoms with Crippen LogP contribution in [-0.2, 0) is 9.47 Å². The van der Waals surface area contributed by atoms with Crippen LogP contribution in [0.15, 0.2) is 0 Å². The molecular weight excluding hydrogens is 142 g/mol. The van der Waals surface area contributed by atoms with E-state index in [0.717, 1.165) is 19.8 Å². The third-order valence-electron chi connectivity index (χ3n) is 1.83. The second kappa shape index (κ2) is 4.70. The lowest BCUT2D eigenvalue weighted by molar-refractivity contribution is -0.142. The molecular formula is C8H17NO2. The first-order valence-electron chi connectivity index (χ1n) is 4.28. The summed E-state index contributed by atoms with van der Waals surface area (Å²) in [4.78, 5) is 2.11. The van der Waals surface area contributed by atoms with Crippen LogP contribution in [0.4, 0.5) is 0 Å². The van der Waals surface area contributed by atoms with E-state index < -0.39 is 0 Å². The van der Waals surface area contributed by atoms with Crippen molar-refractivity contribution in [1.82, 2.24) is 4.90 Å². The highest BCUT2D eigenvalue weighted by Crippen LogP contribution is 2.08. The zero-order valence-electron chi connectivity index (χ0n) is 7.38. The summed E-state index contributed by atoms with van der Waals surface area (Å²) >= 11 is 0. The van der Waals surface area contributed by atoms with E-state index in [4.69, 9.17) is 9.47 Å². The van der Waals surface area contributed by atoms with E-state index in [0.29, 0.717) is 0 Å². The van der Waals surface area contributed by atoms with E-state index >= 15 is 0 Å². The van der Waals surface area contributed by atoms with Gasteiger partial charge >= 0.3 is 0 Å². The molecule has 0 aromatic carbocycles. The number of unbranched alkanes of at least 4 members (excludes halogenated alkanes) is 1. The van der Waals surface area contributed by atoms with Crippen molar-refractivity contribution in [3.05, 3.63) is 0 Å². The maximum atomic E-state index is 5.32. The summed E-state index contributed by atoms with van der Waals surface area (Å²) in [6, 6.07) is 0. The van der Waals surface area contributed by atoms with Crippen molar-refractivity contribution in [3.63, 3.8) is 0 Å². The third-order valence-corrected chi connectivity index (χ3v) is 1.83. The van der Waals surface area contributed by atoms with Crippen molar-refractivity contribution in [1.29, 1.82) is 0 Å². The number of hydrogen-bond acceptors (Lipinski definition) is 3. The van der Waals surface area contributed by atoms with Gasteiger partial charge in [-0.2, -0.15) is 0 Å². The van der Waals surface area contributed by atoms with E-state index in [1.54, 1.807) is 0 Å². The zero-order chi connectivity index (χ0) is 8.10. The third kappa shape index (κ3) is 2.77. The quantitative estimate of drug-likeness (QED) is 0.612. The van der Waals surface area contributed by atoms with Crippen molar-refractivity contribution in [2.24, 2.45) is 0 Å². The van der Waals surface area contributed by atoms with Crippen molar-refractivity contribution in [3.8, 4) is 0 Å². The Bertz CT molecular complexity index is 102. The minimum absolute atomic E-state index is 0.0819. The van der Waals surface area contributed by atoms with Gasteiger partial charge in [0.05, 0.1) is 13.2 Å². The lowest BCUT2D eigenvalue weighted by Crippen LogP contribution is -2.32. The zero-order valence-corrected chi connectivity index (χ0v) is 7.38. The van der Waals surface area contributed by atoms with Gasteiger partial charge in [0.1, 0.15) is 0 Å². The normalized spacial score (nSPS) is 19.9. The minimum Gasteiger partial charge on any atom is -0.337 e. The lowest BCUT2D eigenvalue weighted by atomic mass is 10.3. The highest BCUT2D eigenvalue weighted by atomic mass is 16.7. The van der Waals surface area contributed by atoms with Gasteiger partial charge < -0.3 is 9.47 Å². The topological polar surface area (TPSA) is 21.7 Å². The molecule has 0 atom stereocenters. The fraction of sp³-hybridized carbons (Fsp3) is 1.00. The van der Waals surface area contributed by atoms with Crippen LogP contribution in [0.3, 0.4) is 0 Å². The smallest absolute Gasteiger partial charge is 0.218 e. The molecule has 0 aromatic heterocycles. The first-order valence-corrected chi connectivity index (χ1v) is 4.28. The number of hydrogen-bond donors (Lipinski definition) is 0. The molecule has 66 valence electrons. The van der Waals surface area contributed by atoms with Crippen LogP contribution in [0.1, 0.15) is 19.8 Å². The summed E-state index contributed by atoms with van der Waals surface area (Å²) in [5, 5.41) is 0. The number of rotatable bonds is 4. The van der Waals surface area contributed by atoms with E-state index in [2.05, 4.69) is 11.8 Å². The molecule has 11 heavy (non-hydrogen) atoms. The van der Waals surface area contributed by atoms with Crippen molar-refractivity contribution in [2.75, 3.05) is 26.8 Å². The molecule has 0 unspecified atom stereocenters. The predicted molar refractivity (Wildman–Crippen MR) is 43.2 cm³/mol. The van der Waals surface area contributed by atoms with Crippen LogP contribution in [0.5, 0.6) is 0 Å². The summed E-state index contributed by atoms with van der Waals surface area (Å²) in [5.74, 6) is 0. The monoisotopic (exact) mass is 159 g/mol. The summed E-state index contributed by atoms with van der Waals surface area (Å²) in [6.07, 6.45) is 2.35. The van der Waals surface area contributed by atoms with Gasteiger partial charge in [-0.1, -0.05) is 13.3 Å². The van der Waals surface area contributed by atoms with Gasteiger partial charge in [-0.3, -0.25) is 4.90 Å². The molecule has 1 aliphatic rings. The summed E-state index contributed by atoms with van der Waals surface area (Å²) < 4.78 is 10.6. The van der Waals surface area contributed by atoms with Crippen molar-refractivity contribution >= 4 is 0 Å². The maximum absolute atomic E-state index is 5.32. The van der Waals surface area contributed by atoms with Crippen LogP contribution in [0.25, 0.3) is 0 Å². The Hall–Kier alpha value is -0.120. The van der Waals surface area contributed by atoms with Crippen molar-refractivity contribution in [2.45, 2.75) is 26.2 Å². The second-order valence-corrected chi connectivity index (χ2v) is 2.88. The van der Waals surface area contributed by atoms with Gasteiger partial charge in [0, 0.05) is 6.54 Å². The van der Waals surface area contributed by atoms with Crippen LogP contribution < -0.4 is 0 Å². The molecule has 0 bridgehead atoms. The molecule has 1 fully saturated rings. The molecule has 1 saturated heterocycles. The van der Waals surface area contributed by atoms with Gasteiger partial charge in [0.15, 0.2) is 0 Å². The average Bonchev–Trinajstić information content (AvgIpc) is 2.52. The van der Waals surface area contributed by atoms with E-state index in [-0.39, 0.29) is 6.41 Å². The fourth-order valence-corrected chi connectivity index (χ4v) is 1.11. The highest BCUT2D eigenvalue weighted by Gasteiger charge is 2.19. The summed E-state index contributed by atoms with van der Waals surface area (Å²) in [6.45, 7) is 4.72. The Morgan fingerprint density at radius 1 is 1.36 bits per heavy atom. The Labute approximate surface area is 68.3 Å². The minimum atomic E-state index is -0.0819. The van der Waals surface area contributed by atoms with Gasteiger partial charge in [-0.25, -0.2) is 0 Å². The molecule has 0 amide bonds. The molecule has 3 heteroatoms. The van der Waals surface area contributed by atoms with Crippen LogP contribution in [0.2, 0.25) is 0 Å². The first-order chi connectivity index (χ1) is 5.34. The Morgan fingerprint density at radius 2 is 2.00 bits per heavy atom. The molecule has 1 aliphatic heterocycles. The van der Waals surface area contributed by atoms with Gasteiger partial charge in [0.2, 0.25) is 6.41 Å². The second-order valence-electron chi connectivity index (χ2n) is 2.88. The Balaban J connectivity index is 2.12. The average molecular weight is 159 g/mol. The standard InChI is InChI=1S/C8H17NO2/c1-3-4-5-9(2)8-10-6-7-11-8/h8H,3-7H2,1-2H3. The molecule has 0 N–H and O–H groups in total. The lowest BCUT2D eigenvalue weighted by Gasteiger charge is -2.21. The molecule has 0 saturated carbocycles. The maximum Gasteiger partial charge on any atom is 0.218 e. The molecule has 1 heterocycles. The van der Waals surface area contributed by atoms with E-state index in [9.17, 15) is 0 Å². The van der Waals surface area contributed by atoms with Gasteiger partial charge in [-0.05, 0) is 13.5 Å². The largest absolute Gasteiger partial charge is 0.337 e. The van der Waals surface area contributed by atoms with Gasteiger partial charge in [0.25, 0.3) is 0 Å². The van der Waals surface area contributed by atoms with Crippen LogP contribution in [0, 0.1) is 0 Å². The summed E-state index contributed by atoms with van der Waals surface area (Å²) in [7, 11) is 2.03. The molecule has 0 aromatic rings. The number of nitrogens with zero attached hydrogens (tertiary/aromatic N) is 1. The Kier molecular flexibility index (Phi) is 3.83. The van der Waals surface area contributed by atoms with Crippen molar-refractivity contribution < 1.29 is 9.47 Å². The predicted octanol–water partition coefficient (Wildman–Crippen LogP) is 1.05. The Morgan fingerprint density at radius 3 is 2.55 bits per heavy atom. The SMILES string of the molecule is CCCCN(C)C1OCCO1. The first kappa shape index (κ1) is 8.97. The van der Waals surface area contributed by atoms with E-state index in [1.807, 2.05) is 7.05 Å². The molecule has 0 radical (unpaired) electrons.